The van der Waals surface area contributed by atoms with Crippen molar-refractivity contribution >= 4 is 32.4 Å². The highest BCUT2D eigenvalue weighted by molar-refractivity contribution is 7.89. The predicted octanol–water partition coefficient (Wildman–Crippen LogP) is 3.61. The summed E-state index contributed by atoms with van der Waals surface area (Å²) >= 11 is 1.31. The number of amides is 1. The molecule has 30 heavy (non-hydrogen) atoms. The number of nitrogens with one attached hydrogen (secondary N) is 1. The molecule has 3 heterocycles. The summed E-state index contributed by atoms with van der Waals surface area (Å²) < 4.78 is 33.1. The molecule has 2 aliphatic rings. The van der Waals surface area contributed by atoms with Gasteiger partial charge in [0.05, 0.1) is 23.4 Å². The maximum Gasteiger partial charge on any atom is 0.293 e. The van der Waals surface area contributed by atoms with E-state index in [9.17, 15) is 13.2 Å². The van der Waals surface area contributed by atoms with Crippen molar-refractivity contribution in [2.45, 2.75) is 43.5 Å². The first kappa shape index (κ1) is 19.5. The van der Waals surface area contributed by atoms with Gasteiger partial charge in [-0.3, -0.25) is 10.1 Å². The molecule has 3 aromatic rings. The van der Waals surface area contributed by atoms with Gasteiger partial charge >= 0.3 is 0 Å². The number of furan rings is 1. The number of carbonyl (C=O) groups excluding carboxylic acids is 1. The molecule has 0 unspecified atom stereocenters. The Morgan fingerprint density at radius 3 is 2.77 bits per heavy atom. The Kier molecular flexibility index (Phi) is 4.96. The average Bonchev–Trinajstić information content (AvgIpc) is 3.42. The lowest BCUT2D eigenvalue weighted by Gasteiger charge is -2.26. The number of aryl methyl sites for hydroxylation is 2. The molecule has 1 aromatic carbocycles. The summed E-state index contributed by atoms with van der Waals surface area (Å²) in [7, 11) is -3.58. The first-order chi connectivity index (χ1) is 14.5. The smallest absolute Gasteiger partial charge is 0.293 e. The highest BCUT2D eigenvalue weighted by Crippen LogP contribution is 2.32. The molecular formula is C21H21N3O4S2. The third kappa shape index (κ3) is 3.57. The first-order valence-corrected chi connectivity index (χ1v) is 12.2. The van der Waals surface area contributed by atoms with E-state index in [1.54, 1.807) is 18.2 Å². The van der Waals surface area contributed by atoms with Gasteiger partial charge in [-0.2, -0.15) is 4.31 Å². The molecule has 0 saturated carbocycles. The van der Waals surface area contributed by atoms with E-state index < -0.39 is 10.0 Å². The van der Waals surface area contributed by atoms with Crippen molar-refractivity contribution in [3.63, 3.8) is 0 Å². The second kappa shape index (κ2) is 7.64. The molecule has 9 heteroatoms. The highest BCUT2D eigenvalue weighted by Gasteiger charge is 2.31. The number of fused-ring (bicyclic) bond motifs is 2. The molecule has 0 atom stereocenters. The van der Waals surface area contributed by atoms with Crippen molar-refractivity contribution in [2.24, 2.45) is 0 Å². The summed E-state index contributed by atoms with van der Waals surface area (Å²) in [6.45, 7) is 0.644. The molecule has 5 rings (SSSR count). The standard InChI is InChI=1S/C21H21N3O4S2/c25-20(18-6-3-11-28-18)23-21-22-17-9-10-24(13-19(17)29-21)30(26,27)16-8-7-14-4-1-2-5-15(14)12-16/h3,6-8,11-12H,1-2,4-5,9-10,13H2,(H,22,23,25). The van der Waals surface area contributed by atoms with Crippen LogP contribution in [0.25, 0.3) is 0 Å². The number of sulfonamides is 1. The van der Waals surface area contributed by atoms with Crippen LogP contribution >= 0.6 is 11.3 Å². The summed E-state index contributed by atoms with van der Waals surface area (Å²) in [5, 5.41) is 3.18. The second-order valence-electron chi connectivity index (χ2n) is 7.55. The Labute approximate surface area is 178 Å². The lowest BCUT2D eigenvalue weighted by Crippen LogP contribution is -2.35. The summed E-state index contributed by atoms with van der Waals surface area (Å²) in [6.07, 6.45) is 6.19. The van der Waals surface area contributed by atoms with Crippen molar-refractivity contribution in [1.29, 1.82) is 0 Å². The molecular weight excluding hydrogens is 422 g/mol. The van der Waals surface area contributed by atoms with Crippen LogP contribution in [-0.4, -0.2) is 30.2 Å². The molecule has 1 amide bonds. The maximum absolute atomic E-state index is 13.3. The predicted molar refractivity (Wildman–Crippen MR) is 113 cm³/mol. The Balaban J connectivity index is 1.35. The van der Waals surface area contributed by atoms with Crippen LogP contribution in [-0.2, 0) is 35.8 Å². The second-order valence-corrected chi connectivity index (χ2v) is 10.6. The Hall–Kier alpha value is -2.49. The molecule has 0 radical (unpaired) electrons. The number of carbonyl (C=O) groups is 1. The van der Waals surface area contributed by atoms with E-state index in [1.807, 2.05) is 12.1 Å². The van der Waals surface area contributed by atoms with Gasteiger partial charge in [-0.15, -0.1) is 11.3 Å². The minimum Gasteiger partial charge on any atom is -0.459 e. The summed E-state index contributed by atoms with van der Waals surface area (Å²) in [5.74, 6) is -0.163. The van der Waals surface area contributed by atoms with E-state index in [0.717, 1.165) is 41.8 Å². The number of hydrogen-bond donors (Lipinski definition) is 1. The summed E-state index contributed by atoms with van der Waals surface area (Å²) in [5.41, 5.74) is 3.26. The number of rotatable bonds is 4. The van der Waals surface area contributed by atoms with E-state index >= 15 is 0 Å². The molecule has 0 bridgehead atoms. The van der Waals surface area contributed by atoms with Crippen molar-refractivity contribution in [1.82, 2.24) is 9.29 Å². The van der Waals surface area contributed by atoms with Crippen molar-refractivity contribution in [2.75, 3.05) is 11.9 Å². The molecule has 0 spiro atoms. The average molecular weight is 444 g/mol. The third-order valence-electron chi connectivity index (χ3n) is 5.62. The van der Waals surface area contributed by atoms with Crippen LogP contribution in [0.15, 0.2) is 45.9 Å². The first-order valence-electron chi connectivity index (χ1n) is 9.96. The lowest BCUT2D eigenvalue weighted by molar-refractivity contribution is 0.0996. The monoisotopic (exact) mass is 443 g/mol. The molecule has 7 nitrogen and oxygen atoms in total. The van der Waals surface area contributed by atoms with Crippen molar-refractivity contribution in [3.05, 3.63) is 64.1 Å². The van der Waals surface area contributed by atoms with Gasteiger partial charge in [0, 0.05) is 17.8 Å². The molecule has 1 aliphatic heterocycles. The zero-order valence-electron chi connectivity index (χ0n) is 16.3. The van der Waals surface area contributed by atoms with E-state index in [2.05, 4.69) is 10.3 Å². The number of aromatic nitrogens is 1. The van der Waals surface area contributed by atoms with E-state index in [0.29, 0.717) is 23.0 Å². The Morgan fingerprint density at radius 2 is 1.97 bits per heavy atom. The van der Waals surface area contributed by atoms with E-state index in [1.165, 1.54) is 27.5 Å². The fraction of sp³-hybridized carbons (Fsp3) is 0.333. The molecule has 1 N–H and O–H groups in total. The van der Waals surface area contributed by atoms with Crippen LogP contribution in [0.2, 0.25) is 0 Å². The Morgan fingerprint density at radius 1 is 1.13 bits per heavy atom. The van der Waals surface area contributed by atoms with Gasteiger partial charge in [0.15, 0.2) is 10.9 Å². The molecule has 0 fully saturated rings. The zero-order valence-corrected chi connectivity index (χ0v) is 17.9. The minimum atomic E-state index is -3.58. The van der Waals surface area contributed by atoms with Crippen LogP contribution < -0.4 is 5.32 Å². The highest BCUT2D eigenvalue weighted by atomic mass is 32.2. The summed E-state index contributed by atoms with van der Waals surface area (Å²) in [6, 6.07) is 8.77. The summed E-state index contributed by atoms with van der Waals surface area (Å²) in [4.78, 5) is 17.9. The lowest BCUT2D eigenvalue weighted by atomic mass is 9.92. The van der Waals surface area contributed by atoms with Crippen LogP contribution in [0.3, 0.4) is 0 Å². The maximum atomic E-state index is 13.3. The van der Waals surface area contributed by atoms with Gasteiger partial charge in [0.2, 0.25) is 10.0 Å². The van der Waals surface area contributed by atoms with Gasteiger partial charge in [-0.1, -0.05) is 6.07 Å². The quantitative estimate of drug-likeness (QED) is 0.665. The number of nitrogens with zero attached hydrogens (tertiary/aromatic N) is 2. The third-order valence-corrected chi connectivity index (χ3v) is 8.46. The molecule has 2 aromatic heterocycles. The van der Waals surface area contributed by atoms with Gasteiger partial charge in [-0.05, 0) is 61.1 Å². The van der Waals surface area contributed by atoms with Crippen LogP contribution in [0.1, 0.15) is 45.1 Å². The van der Waals surface area contributed by atoms with Crippen molar-refractivity contribution in [3.8, 4) is 0 Å². The van der Waals surface area contributed by atoms with Gasteiger partial charge in [0.1, 0.15) is 0 Å². The number of thiazole rings is 1. The topological polar surface area (TPSA) is 92.5 Å². The Bertz CT molecular complexity index is 1200. The van der Waals surface area contributed by atoms with Gasteiger partial charge < -0.3 is 4.42 Å². The van der Waals surface area contributed by atoms with E-state index in [4.69, 9.17) is 4.42 Å². The number of anilines is 1. The van der Waals surface area contributed by atoms with Crippen LogP contribution in [0.5, 0.6) is 0 Å². The molecule has 1 aliphatic carbocycles. The molecule has 156 valence electrons. The van der Waals surface area contributed by atoms with Crippen LogP contribution in [0, 0.1) is 0 Å². The SMILES string of the molecule is O=C(Nc1nc2c(s1)CN(S(=O)(=O)c1ccc3c(c1)CCCC3)CC2)c1ccco1. The van der Waals surface area contributed by atoms with E-state index in [-0.39, 0.29) is 18.2 Å². The fourth-order valence-corrected chi connectivity index (χ4v) is 6.58. The normalized spacial score (nSPS) is 16.7. The number of hydrogen-bond acceptors (Lipinski definition) is 6. The van der Waals surface area contributed by atoms with Crippen molar-refractivity contribution < 1.29 is 17.6 Å². The van der Waals surface area contributed by atoms with Gasteiger partial charge in [0.25, 0.3) is 5.91 Å². The number of benzene rings is 1. The fourth-order valence-electron chi connectivity index (χ4n) is 4.02. The van der Waals surface area contributed by atoms with Crippen LogP contribution in [0.4, 0.5) is 5.13 Å². The van der Waals surface area contributed by atoms with Gasteiger partial charge in [-0.25, -0.2) is 13.4 Å². The minimum absolute atomic E-state index is 0.208. The largest absolute Gasteiger partial charge is 0.459 e. The molecule has 0 saturated heterocycles. The zero-order chi connectivity index (χ0) is 20.7.